The lowest BCUT2D eigenvalue weighted by molar-refractivity contribution is -0.128. The summed E-state index contributed by atoms with van der Waals surface area (Å²) in [5.74, 6) is -0.463. The van der Waals surface area contributed by atoms with Gasteiger partial charge in [-0.05, 0) is 17.5 Å². The maximum atomic E-state index is 12.1. The largest absolute Gasteiger partial charge is 0.436 e. The summed E-state index contributed by atoms with van der Waals surface area (Å²) in [5.41, 5.74) is 0.333. The van der Waals surface area contributed by atoms with Crippen LogP contribution in [0, 0.1) is 5.41 Å². The van der Waals surface area contributed by atoms with Crippen molar-refractivity contribution in [3.05, 3.63) is 42.1 Å². The summed E-state index contributed by atoms with van der Waals surface area (Å²) in [6, 6.07) is 8.83. The Labute approximate surface area is 135 Å². The molecule has 0 spiro atoms. The lowest BCUT2D eigenvalue weighted by Gasteiger charge is -2.29. The molecule has 1 amide bonds. The molecule has 1 saturated carbocycles. The van der Waals surface area contributed by atoms with Gasteiger partial charge < -0.3 is 4.84 Å². The molecule has 0 aliphatic heterocycles. The summed E-state index contributed by atoms with van der Waals surface area (Å²) >= 11 is 0. The van der Waals surface area contributed by atoms with Crippen molar-refractivity contribution in [2.45, 2.75) is 26.7 Å². The summed E-state index contributed by atoms with van der Waals surface area (Å²) in [6.07, 6.45) is 1.17. The van der Waals surface area contributed by atoms with Crippen LogP contribution in [-0.4, -0.2) is 29.8 Å². The van der Waals surface area contributed by atoms with Crippen LogP contribution in [0.3, 0.4) is 0 Å². The van der Waals surface area contributed by atoms with Gasteiger partial charge in [0.25, 0.3) is 0 Å². The van der Waals surface area contributed by atoms with Gasteiger partial charge >= 0.3 is 6.09 Å². The Bertz CT molecular complexity index is 628. The summed E-state index contributed by atoms with van der Waals surface area (Å²) in [4.78, 5) is 40.9. The fraction of sp³-hybridized carbons (Fsp3) is 0.353. The molecule has 2 rings (SSSR count). The minimum atomic E-state index is -0.702. The number of benzene rings is 1. The van der Waals surface area contributed by atoms with E-state index >= 15 is 0 Å². The van der Waals surface area contributed by atoms with Crippen LogP contribution in [0.1, 0.15) is 26.7 Å². The highest BCUT2D eigenvalue weighted by Crippen LogP contribution is 2.33. The minimum absolute atomic E-state index is 0.0688. The van der Waals surface area contributed by atoms with Crippen LogP contribution < -0.4 is 5.32 Å². The van der Waals surface area contributed by atoms with Gasteiger partial charge in [-0.15, -0.1) is 0 Å². The quantitative estimate of drug-likeness (QED) is 0.527. The van der Waals surface area contributed by atoms with Crippen LogP contribution in [0.5, 0.6) is 0 Å². The van der Waals surface area contributed by atoms with Crippen molar-refractivity contribution in [3.63, 3.8) is 0 Å². The van der Waals surface area contributed by atoms with Crippen LogP contribution in [0.25, 0.3) is 0 Å². The van der Waals surface area contributed by atoms with Gasteiger partial charge in [0.2, 0.25) is 0 Å². The zero-order valence-electron chi connectivity index (χ0n) is 13.5. The second kappa shape index (κ2) is 6.64. The molecule has 6 nitrogen and oxygen atoms in total. The molecule has 1 aromatic rings. The molecule has 0 unspecified atom stereocenters. The average molecular weight is 316 g/mol. The molecule has 0 saturated heterocycles. The van der Waals surface area contributed by atoms with E-state index in [4.69, 9.17) is 4.84 Å². The number of anilines is 1. The summed E-state index contributed by atoms with van der Waals surface area (Å²) in [5, 5.41) is 3.61. The number of ketones is 2. The molecule has 23 heavy (non-hydrogen) atoms. The fourth-order valence-electron chi connectivity index (χ4n) is 2.42. The summed E-state index contributed by atoms with van der Waals surface area (Å²) in [6.45, 7) is 3.76. The highest BCUT2D eigenvalue weighted by molar-refractivity contribution is 6.22. The van der Waals surface area contributed by atoms with Gasteiger partial charge in [-0.25, -0.2) is 9.86 Å². The first-order chi connectivity index (χ1) is 10.8. The smallest absolute Gasteiger partial charge is 0.322 e. The number of allylic oxidation sites excluding steroid dienone is 1. The number of amides is 1. The first-order valence-electron chi connectivity index (χ1n) is 7.32. The molecule has 0 bridgehead atoms. The predicted molar refractivity (Wildman–Crippen MR) is 85.4 cm³/mol. The van der Waals surface area contributed by atoms with Crippen molar-refractivity contribution < 1.29 is 19.2 Å². The SMILES string of the molecule is CN(C=C1C(=O)CC(C)(C)CC1=O)OC(=O)Nc1ccccc1. The molecular weight excluding hydrogens is 296 g/mol. The standard InChI is InChI=1S/C17H20N2O4/c1-17(2)9-14(20)13(15(21)10-17)11-19(3)23-16(22)18-12-7-5-4-6-8-12/h4-8,11H,9-10H2,1-3H3,(H,18,22). The Kier molecular flexibility index (Phi) is 4.83. The normalized spacial score (nSPS) is 16.7. The molecule has 1 fully saturated rings. The Balaban J connectivity index is 1.98. The van der Waals surface area contributed by atoms with Gasteiger partial charge in [-0.3, -0.25) is 14.9 Å². The van der Waals surface area contributed by atoms with Crippen LogP contribution in [0.2, 0.25) is 0 Å². The number of hydroxylamine groups is 2. The summed E-state index contributed by atoms with van der Waals surface area (Å²) in [7, 11) is 1.46. The number of Topliss-reactive ketones (excluding diaryl/α,β-unsaturated/α-hetero) is 2. The van der Waals surface area contributed by atoms with Crippen molar-refractivity contribution in [1.29, 1.82) is 0 Å². The number of nitrogens with one attached hydrogen (secondary N) is 1. The lowest BCUT2D eigenvalue weighted by atomic mass is 9.74. The highest BCUT2D eigenvalue weighted by Gasteiger charge is 2.35. The van der Waals surface area contributed by atoms with Crippen LogP contribution in [0.4, 0.5) is 10.5 Å². The third-order valence-corrected chi connectivity index (χ3v) is 3.44. The molecular formula is C17H20N2O4. The molecule has 6 heteroatoms. The van der Waals surface area contributed by atoms with E-state index in [1.807, 2.05) is 19.9 Å². The predicted octanol–water partition coefficient (Wildman–Crippen LogP) is 2.92. The molecule has 1 aliphatic rings. The Morgan fingerprint density at radius 3 is 2.30 bits per heavy atom. The van der Waals surface area contributed by atoms with E-state index in [0.29, 0.717) is 18.5 Å². The molecule has 1 N–H and O–H groups in total. The summed E-state index contributed by atoms with van der Waals surface area (Å²) < 4.78 is 0. The maximum Gasteiger partial charge on any atom is 0.436 e. The van der Waals surface area contributed by atoms with Gasteiger partial charge in [-0.1, -0.05) is 32.0 Å². The molecule has 0 heterocycles. The van der Waals surface area contributed by atoms with Gasteiger partial charge in [-0.2, -0.15) is 0 Å². The number of hydrogen-bond donors (Lipinski definition) is 1. The Morgan fingerprint density at radius 1 is 1.17 bits per heavy atom. The molecule has 0 aromatic heterocycles. The van der Waals surface area contributed by atoms with Crippen LogP contribution in [0.15, 0.2) is 42.1 Å². The average Bonchev–Trinajstić information content (AvgIpc) is 2.43. The molecule has 1 aromatic carbocycles. The molecule has 0 radical (unpaired) electrons. The molecule has 122 valence electrons. The third kappa shape index (κ3) is 4.67. The first-order valence-corrected chi connectivity index (χ1v) is 7.32. The Hall–Kier alpha value is -2.63. The molecule has 1 aliphatic carbocycles. The Morgan fingerprint density at radius 2 is 1.74 bits per heavy atom. The number of carbonyl (C=O) groups is 3. The molecule has 0 atom stereocenters. The highest BCUT2D eigenvalue weighted by atomic mass is 16.7. The van der Waals surface area contributed by atoms with E-state index in [2.05, 4.69) is 5.32 Å². The van der Waals surface area contributed by atoms with Crippen molar-refractivity contribution >= 4 is 23.3 Å². The minimum Gasteiger partial charge on any atom is -0.322 e. The van der Waals surface area contributed by atoms with Gasteiger partial charge in [0.15, 0.2) is 11.6 Å². The van der Waals surface area contributed by atoms with Gasteiger partial charge in [0.05, 0.1) is 11.8 Å². The number of rotatable bonds is 3. The van der Waals surface area contributed by atoms with Crippen molar-refractivity contribution in [1.82, 2.24) is 5.06 Å². The van der Waals surface area contributed by atoms with E-state index in [9.17, 15) is 14.4 Å². The number of para-hydroxylation sites is 1. The van der Waals surface area contributed by atoms with E-state index < -0.39 is 6.09 Å². The van der Waals surface area contributed by atoms with Gasteiger partial charge in [0.1, 0.15) is 0 Å². The monoisotopic (exact) mass is 316 g/mol. The van der Waals surface area contributed by atoms with Crippen LogP contribution in [-0.2, 0) is 14.4 Å². The van der Waals surface area contributed by atoms with Crippen molar-refractivity contribution in [2.75, 3.05) is 12.4 Å². The number of nitrogens with zero attached hydrogens (tertiary/aromatic N) is 1. The maximum absolute atomic E-state index is 12.1. The van der Waals surface area contributed by atoms with E-state index in [0.717, 1.165) is 5.06 Å². The topological polar surface area (TPSA) is 75.7 Å². The van der Waals surface area contributed by atoms with E-state index in [1.54, 1.807) is 24.3 Å². The van der Waals surface area contributed by atoms with E-state index in [-0.39, 0.29) is 22.6 Å². The number of hydrogen-bond acceptors (Lipinski definition) is 5. The second-order valence-electron chi connectivity index (χ2n) is 6.32. The zero-order valence-corrected chi connectivity index (χ0v) is 13.5. The number of carbonyl (C=O) groups excluding carboxylic acids is 3. The van der Waals surface area contributed by atoms with E-state index in [1.165, 1.54) is 13.2 Å². The van der Waals surface area contributed by atoms with Crippen molar-refractivity contribution in [2.24, 2.45) is 5.41 Å². The third-order valence-electron chi connectivity index (χ3n) is 3.44. The lowest BCUT2D eigenvalue weighted by Crippen LogP contribution is -2.33. The first kappa shape index (κ1) is 16.7. The van der Waals surface area contributed by atoms with Gasteiger partial charge in [0, 0.05) is 25.6 Å². The van der Waals surface area contributed by atoms with Crippen molar-refractivity contribution in [3.8, 4) is 0 Å². The fourth-order valence-corrected chi connectivity index (χ4v) is 2.42. The second-order valence-corrected chi connectivity index (χ2v) is 6.32. The van der Waals surface area contributed by atoms with Crippen LogP contribution >= 0.6 is 0 Å². The zero-order chi connectivity index (χ0) is 17.0.